The predicted molar refractivity (Wildman–Crippen MR) is 89.7 cm³/mol. The van der Waals surface area contributed by atoms with Crippen LogP contribution in [0, 0.1) is 5.41 Å². The number of hydrogen-bond acceptors (Lipinski definition) is 2. The molecule has 1 aromatic rings. The van der Waals surface area contributed by atoms with E-state index in [1.807, 2.05) is 23.1 Å². The Morgan fingerprint density at radius 2 is 2.00 bits per heavy atom. The van der Waals surface area contributed by atoms with E-state index < -0.39 is 0 Å². The van der Waals surface area contributed by atoms with Gasteiger partial charge < -0.3 is 10.6 Å². The van der Waals surface area contributed by atoms with E-state index in [1.54, 1.807) is 0 Å². The molecule has 1 fully saturated rings. The summed E-state index contributed by atoms with van der Waals surface area (Å²) in [5, 5.41) is 0. The van der Waals surface area contributed by atoms with Crippen molar-refractivity contribution in [2.24, 2.45) is 11.1 Å². The van der Waals surface area contributed by atoms with Gasteiger partial charge in [0.15, 0.2) is 0 Å². The van der Waals surface area contributed by atoms with Crippen LogP contribution in [0.5, 0.6) is 0 Å². The molecule has 1 aliphatic heterocycles. The van der Waals surface area contributed by atoms with Crippen molar-refractivity contribution in [2.75, 3.05) is 13.1 Å². The zero-order valence-electron chi connectivity index (χ0n) is 13.2. The van der Waals surface area contributed by atoms with E-state index in [9.17, 15) is 4.79 Å². The van der Waals surface area contributed by atoms with Gasteiger partial charge in [-0.05, 0) is 23.3 Å². The second-order valence-corrected chi connectivity index (χ2v) is 6.71. The van der Waals surface area contributed by atoms with Gasteiger partial charge in [-0.2, -0.15) is 0 Å². The van der Waals surface area contributed by atoms with Gasteiger partial charge in [0.25, 0.3) is 0 Å². The summed E-state index contributed by atoms with van der Waals surface area (Å²) in [6.45, 7) is 7.99. The highest BCUT2D eigenvalue weighted by molar-refractivity contribution is 5.85. The van der Waals surface area contributed by atoms with Crippen molar-refractivity contribution in [2.45, 2.75) is 45.6 Å². The lowest BCUT2D eigenvalue weighted by Gasteiger charge is -2.42. The van der Waals surface area contributed by atoms with Gasteiger partial charge in [-0.3, -0.25) is 4.79 Å². The van der Waals surface area contributed by atoms with Gasteiger partial charge >= 0.3 is 0 Å². The maximum Gasteiger partial charge on any atom is 0.223 e. The van der Waals surface area contributed by atoms with E-state index in [0.717, 1.165) is 19.5 Å². The minimum absolute atomic E-state index is 0. The van der Waals surface area contributed by atoms with Gasteiger partial charge in [0.2, 0.25) is 5.91 Å². The molecule has 1 amide bonds. The van der Waals surface area contributed by atoms with Gasteiger partial charge in [0.1, 0.15) is 0 Å². The van der Waals surface area contributed by atoms with E-state index in [0.29, 0.717) is 6.42 Å². The smallest absolute Gasteiger partial charge is 0.223 e. The average Bonchev–Trinajstić information content (AvgIpc) is 2.42. The summed E-state index contributed by atoms with van der Waals surface area (Å²) in [5.41, 5.74) is 7.38. The first kappa shape index (κ1) is 18.0. The lowest BCUT2D eigenvalue weighted by molar-refractivity contribution is -0.135. The Bertz CT molecular complexity index is 461. The first-order valence-corrected chi connectivity index (χ1v) is 7.48. The van der Waals surface area contributed by atoms with Gasteiger partial charge in [-0.25, -0.2) is 0 Å². The third-order valence-corrected chi connectivity index (χ3v) is 4.51. The van der Waals surface area contributed by atoms with Gasteiger partial charge in [0.05, 0.1) is 0 Å². The molecule has 0 aliphatic carbocycles. The standard InChI is InChI=1S/C17H26N2O.ClH/c1-13(14-7-5-4-6-8-14)11-16(20)19-10-9-15(18)17(2,3)12-19;/h4-8,13,15H,9-12,18H2,1-3H3;1H. The molecule has 2 N–H and O–H groups in total. The fourth-order valence-electron chi connectivity index (χ4n) is 2.88. The van der Waals surface area contributed by atoms with Crippen LogP contribution >= 0.6 is 12.4 Å². The first-order valence-electron chi connectivity index (χ1n) is 7.48. The SMILES string of the molecule is CC(CC(=O)N1CCC(N)C(C)(C)C1)c1ccccc1.Cl. The maximum atomic E-state index is 12.5. The van der Waals surface area contributed by atoms with E-state index >= 15 is 0 Å². The number of nitrogens with two attached hydrogens (primary N) is 1. The second-order valence-electron chi connectivity index (χ2n) is 6.71. The summed E-state index contributed by atoms with van der Waals surface area (Å²) in [7, 11) is 0. The second kappa shape index (κ2) is 7.28. The van der Waals surface area contributed by atoms with E-state index in [4.69, 9.17) is 5.73 Å². The average molecular weight is 311 g/mol. The first-order chi connectivity index (χ1) is 9.40. The van der Waals surface area contributed by atoms with Crippen molar-refractivity contribution in [1.82, 2.24) is 4.90 Å². The molecule has 1 heterocycles. The molecule has 21 heavy (non-hydrogen) atoms. The molecule has 0 aromatic heterocycles. The molecule has 2 rings (SSSR count). The number of rotatable bonds is 3. The van der Waals surface area contributed by atoms with Crippen LogP contribution in [0.4, 0.5) is 0 Å². The monoisotopic (exact) mass is 310 g/mol. The Morgan fingerprint density at radius 1 is 1.38 bits per heavy atom. The van der Waals surface area contributed by atoms with Crippen molar-refractivity contribution < 1.29 is 4.79 Å². The van der Waals surface area contributed by atoms with Crippen LogP contribution in [0.15, 0.2) is 30.3 Å². The zero-order valence-corrected chi connectivity index (χ0v) is 14.0. The summed E-state index contributed by atoms with van der Waals surface area (Å²) in [5.74, 6) is 0.517. The summed E-state index contributed by atoms with van der Waals surface area (Å²) >= 11 is 0. The highest BCUT2D eigenvalue weighted by Gasteiger charge is 2.35. The number of likely N-dealkylation sites (tertiary alicyclic amines) is 1. The van der Waals surface area contributed by atoms with Crippen molar-refractivity contribution >= 4 is 18.3 Å². The molecule has 2 atom stereocenters. The van der Waals surface area contributed by atoms with Crippen LogP contribution in [-0.4, -0.2) is 29.9 Å². The highest BCUT2D eigenvalue weighted by atomic mass is 35.5. The number of benzene rings is 1. The molecule has 4 heteroatoms. The predicted octanol–water partition coefficient (Wildman–Crippen LogP) is 3.19. The minimum atomic E-state index is 0. The third kappa shape index (κ3) is 4.45. The maximum absolute atomic E-state index is 12.5. The summed E-state index contributed by atoms with van der Waals surface area (Å²) < 4.78 is 0. The number of piperidine rings is 1. The number of hydrogen-bond donors (Lipinski definition) is 1. The molecule has 0 saturated carbocycles. The van der Waals surface area contributed by atoms with Crippen LogP contribution < -0.4 is 5.73 Å². The number of amides is 1. The highest BCUT2D eigenvalue weighted by Crippen LogP contribution is 2.29. The Balaban J connectivity index is 0.00000220. The fraction of sp³-hybridized carbons (Fsp3) is 0.588. The lowest BCUT2D eigenvalue weighted by atomic mass is 9.79. The molecule has 118 valence electrons. The molecular weight excluding hydrogens is 284 g/mol. The number of carbonyl (C=O) groups is 1. The Morgan fingerprint density at radius 3 is 2.57 bits per heavy atom. The van der Waals surface area contributed by atoms with Crippen molar-refractivity contribution in [3.8, 4) is 0 Å². The topological polar surface area (TPSA) is 46.3 Å². The van der Waals surface area contributed by atoms with E-state index in [1.165, 1.54) is 5.56 Å². The molecule has 0 radical (unpaired) electrons. The zero-order chi connectivity index (χ0) is 14.8. The molecule has 3 nitrogen and oxygen atoms in total. The molecular formula is C17H27ClN2O. The van der Waals surface area contributed by atoms with Crippen LogP contribution in [0.1, 0.15) is 45.1 Å². The Hall–Kier alpha value is -1.06. The molecule has 1 aromatic carbocycles. The van der Waals surface area contributed by atoms with Crippen molar-refractivity contribution in [3.05, 3.63) is 35.9 Å². The summed E-state index contributed by atoms with van der Waals surface area (Å²) in [4.78, 5) is 14.5. The van der Waals surface area contributed by atoms with Gasteiger partial charge in [-0.1, -0.05) is 51.1 Å². The Labute approximate surface area is 134 Å². The largest absolute Gasteiger partial charge is 0.342 e. The molecule has 0 spiro atoms. The summed E-state index contributed by atoms with van der Waals surface area (Å²) in [6.07, 6.45) is 1.48. The number of nitrogens with zero attached hydrogens (tertiary/aromatic N) is 1. The fourth-order valence-corrected chi connectivity index (χ4v) is 2.88. The molecule has 1 saturated heterocycles. The van der Waals surface area contributed by atoms with Crippen molar-refractivity contribution in [1.29, 1.82) is 0 Å². The molecule has 2 unspecified atom stereocenters. The number of halogens is 1. The molecule has 1 aliphatic rings. The van der Waals surface area contributed by atoms with Gasteiger partial charge in [0, 0.05) is 25.6 Å². The Kier molecular flexibility index (Phi) is 6.24. The summed E-state index contributed by atoms with van der Waals surface area (Å²) in [6, 6.07) is 10.4. The van der Waals surface area contributed by atoms with Crippen molar-refractivity contribution in [3.63, 3.8) is 0 Å². The minimum Gasteiger partial charge on any atom is -0.342 e. The normalized spacial score (nSPS) is 22.3. The quantitative estimate of drug-likeness (QED) is 0.932. The third-order valence-electron chi connectivity index (χ3n) is 4.51. The number of carbonyl (C=O) groups excluding carboxylic acids is 1. The van der Waals surface area contributed by atoms with E-state index in [2.05, 4.69) is 32.9 Å². The van der Waals surface area contributed by atoms with Crippen LogP contribution in [0.2, 0.25) is 0 Å². The lowest BCUT2D eigenvalue weighted by Crippen LogP contribution is -2.54. The molecule has 0 bridgehead atoms. The van der Waals surface area contributed by atoms with Crippen LogP contribution in [-0.2, 0) is 4.79 Å². The van der Waals surface area contributed by atoms with Gasteiger partial charge in [-0.15, -0.1) is 12.4 Å². The van der Waals surface area contributed by atoms with Crippen LogP contribution in [0.25, 0.3) is 0 Å². The van der Waals surface area contributed by atoms with Crippen LogP contribution in [0.3, 0.4) is 0 Å². The van der Waals surface area contributed by atoms with E-state index in [-0.39, 0.29) is 35.7 Å².